The summed E-state index contributed by atoms with van der Waals surface area (Å²) in [7, 11) is 0. The highest BCUT2D eigenvalue weighted by atomic mass is 14.9. The van der Waals surface area contributed by atoms with E-state index in [4.69, 9.17) is 0 Å². The molecule has 0 aromatic heterocycles. The Morgan fingerprint density at radius 2 is 0.536 bits per heavy atom. The smallest absolute Gasteiger partial charge is 0.0384 e. The average Bonchev–Trinajstić information content (AvgIpc) is 2.73. The minimum absolute atomic E-state index is 0.934. The molecule has 0 spiro atoms. The molecule has 0 atom stereocenters. The van der Waals surface area contributed by atoms with Crippen LogP contribution < -0.4 is 10.6 Å². The van der Waals surface area contributed by atoms with Gasteiger partial charge in [0.05, 0.1) is 0 Å². The zero-order chi connectivity index (χ0) is 18.8. The Balaban J connectivity index is 1.51. The summed E-state index contributed by atoms with van der Waals surface area (Å²) in [5, 5.41) is 6.99. The largest absolute Gasteiger partial charge is 0.356 e. The highest BCUT2D eigenvalue weighted by Crippen LogP contribution is 2.23. The van der Waals surface area contributed by atoms with Gasteiger partial charge in [0.2, 0.25) is 0 Å². The number of nitrogens with one attached hydrogen (secondary N) is 2. The van der Waals surface area contributed by atoms with E-state index in [9.17, 15) is 0 Å². The van der Waals surface area contributed by atoms with Crippen molar-refractivity contribution in [3.63, 3.8) is 0 Å². The molecule has 8 bridgehead atoms. The molecule has 2 N–H and O–H groups in total. The van der Waals surface area contributed by atoms with E-state index in [1.54, 1.807) is 0 Å². The van der Waals surface area contributed by atoms with E-state index in [2.05, 4.69) is 108 Å². The maximum Gasteiger partial charge on any atom is 0.0384 e. The van der Waals surface area contributed by atoms with Crippen molar-refractivity contribution in [2.45, 2.75) is 12.8 Å². The third kappa shape index (κ3) is 3.77. The van der Waals surface area contributed by atoms with Crippen LogP contribution in [0.2, 0.25) is 0 Å². The molecule has 4 aromatic carbocycles. The van der Waals surface area contributed by atoms with Crippen LogP contribution in [0.1, 0.15) is 22.3 Å². The van der Waals surface area contributed by atoms with E-state index in [0.717, 1.165) is 35.6 Å². The Morgan fingerprint density at radius 3 is 0.750 bits per heavy atom. The molecule has 136 valence electrons. The van der Waals surface area contributed by atoms with Gasteiger partial charge >= 0.3 is 0 Å². The first-order chi connectivity index (χ1) is 13.8. The van der Waals surface area contributed by atoms with Gasteiger partial charge in [-0.1, -0.05) is 48.5 Å². The van der Waals surface area contributed by atoms with Crippen molar-refractivity contribution in [2.75, 3.05) is 10.6 Å². The lowest BCUT2D eigenvalue weighted by atomic mass is 10.0. The van der Waals surface area contributed by atoms with E-state index in [-0.39, 0.29) is 0 Å². The van der Waals surface area contributed by atoms with Crippen LogP contribution in [-0.2, 0) is 12.8 Å². The second-order valence-corrected chi connectivity index (χ2v) is 7.39. The minimum Gasteiger partial charge on any atom is -0.356 e. The van der Waals surface area contributed by atoms with Crippen LogP contribution >= 0.6 is 0 Å². The van der Waals surface area contributed by atoms with Gasteiger partial charge < -0.3 is 10.6 Å². The lowest BCUT2D eigenvalue weighted by Crippen LogP contribution is -1.95. The van der Waals surface area contributed by atoms with Crippen LogP contribution in [0.4, 0.5) is 22.7 Å². The molecule has 0 amide bonds. The summed E-state index contributed by atoms with van der Waals surface area (Å²) in [6.07, 6.45) is 1.87. The van der Waals surface area contributed by atoms with Crippen LogP contribution in [-0.4, -0.2) is 0 Å². The normalized spacial score (nSPS) is 12.6. The lowest BCUT2D eigenvalue weighted by molar-refractivity contribution is 1.19. The fourth-order valence-corrected chi connectivity index (χ4v) is 3.63. The molecule has 0 saturated heterocycles. The van der Waals surface area contributed by atoms with Gasteiger partial charge in [-0.15, -0.1) is 0 Å². The van der Waals surface area contributed by atoms with Gasteiger partial charge in [0.1, 0.15) is 0 Å². The molecular weight excluding hydrogens is 340 g/mol. The SMILES string of the molecule is c1cc2ccc1Cc1ccc(cc1)Nc1ccc(cc1)Cc1ccc(cc1)N2. The van der Waals surface area contributed by atoms with Gasteiger partial charge in [-0.25, -0.2) is 0 Å². The van der Waals surface area contributed by atoms with Gasteiger partial charge in [0.15, 0.2) is 0 Å². The summed E-state index contributed by atoms with van der Waals surface area (Å²) in [5.74, 6) is 0. The summed E-state index contributed by atoms with van der Waals surface area (Å²) >= 11 is 0. The average molecular weight is 362 g/mol. The monoisotopic (exact) mass is 362 g/mol. The molecule has 28 heavy (non-hydrogen) atoms. The molecule has 0 aliphatic carbocycles. The topological polar surface area (TPSA) is 24.1 Å². The fourth-order valence-electron chi connectivity index (χ4n) is 3.63. The molecule has 4 aromatic rings. The van der Waals surface area contributed by atoms with E-state index >= 15 is 0 Å². The van der Waals surface area contributed by atoms with Gasteiger partial charge in [-0.3, -0.25) is 0 Å². The van der Waals surface area contributed by atoms with E-state index < -0.39 is 0 Å². The molecule has 2 heteroatoms. The molecule has 10 heterocycles. The Hall–Kier alpha value is -3.52. The number of anilines is 4. The van der Waals surface area contributed by atoms with Crippen LogP contribution in [0.3, 0.4) is 0 Å². The molecule has 10 aliphatic rings. The highest BCUT2D eigenvalue weighted by Gasteiger charge is 2.03. The summed E-state index contributed by atoms with van der Waals surface area (Å²) in [6.45, 7) is 0. The van der Waals surface area contributed by atoms with Crippen molar-refractivity contribution in [3.05, 3.63) is 119 Å². The first kappa shape index (κ1) is 16.6. The molecule has 10 aliphatic heterocycles. The van der Waals surface area contributed by atoms with Gasteiger partial charge in [0, 0.05) is 22.7 Å². The maximum atomic E-state index is 3.49. The molecule has 0 fully saturated rings. The lowest BCUT2D eigenvalue weighted by Gasteiger charge is -2.11. The van der Waals surface area contributed by atoms with Gasteiger partial charge in [-0.05, 0) is 83.6 Å². The Bertz CT molecular complexity index is 795. The Morgan fingerprint density at radius 1 is 0.321 bits per heavy atom. The van der Waals surface area contributed by atoms with Crippen LogP contribution in [0.15, 0.2) is 97.1 Å². The molecule has 14 rings (SSSR count). The second kappa shape index (κ2) is 7.24. The number of benzene rings is 4. The van der Waals surface area contributed by atoms with E-state index in [1.807, 2.05) is 0 Å². The minimum atomic E-state index is 0.934. The number of rotatable bonds is 0. The zero-order valence-electron chi connectivity index (χ0n) is 15.7. The van der Waals surface area contributed by atoms with Crippen molar-refractivity contribution >= 4 is 22.7 Å². The van der Waals surface area contributed by atoms with E-state index in [0.29, 0.717) is 0 Å². The molecule has 0 radical (unpaired) electrons. The highest BCUT2D eigenvalue weighted by molar-refractivity contribution is 5.62. The predicted molar refractivity (Wildman–Crippen MR) is 118 cm³/mol. The van der Waals surface area contributed by atoms with Crippen molar-refractivity contribution in [1.82, 2.24) is 0 Å². The van der Waals surface area contributed by atoms with Crippen molar-refractivity contribution in [2.24, 2.45) is 0 Å². The van der Waals surface area contributed by atoms with E-state index in [1.165, 1.54) is 22.3 Å². The summed E-state index contributed by atoms with van der Waals surface area (Å²) < 4.78 is 0. The first-order valence-electron chi connectivity index (χ1n) is 9.70. The van der Waals surface area contributed by atoms with Crippen molar-refractivity contribution in [3.8, 4) is 0 Å². The quantitative estimate of drug-likeness (QED) is 0.321. The van der Waals surface area contributed by atoms with Crippen LogP contribution in [0.25, 0.3) is 0 Å². The third-order valence-electron chi connectivity index (χ3n) is 5.21. The summed E-state index contributed by atoms with van der Waals surface area (Å²) in [5.41, 5.74) is 9.69. The molecule has 0 saturated carbocycles. The van der Waals surface area contributed by atoms with Crippen molar-refractivity contribution in [1.29, 1.82) is 0 Å². The zero-order valence-corrected chi connectivity index (χ0v) is 15.7. The number of hydrogen-bond donors (Lipinski definition) is 2. The summed E-state index contributed by atoms with van der Waals surface area (Å²) in [4.78, 5) is 0. The van der Waals surface area contributed by atoms with Crippen LogP contribution in [0, 0.1) is 0 Å². The second-order valence-electron chi connectivity index (χ2n) is 7.39. The third-order valence-corrected chi connectivity index (χ3v) is 5.21. The number of hydrogen-bond acceptors (Lipinski definition) is 2. The van der Waals surface area contributed by atoms with Gasteiger partial charge in [-0.2, -0.15) is 0 Å². The first-order valence-corrected chi connectivity index (χ1v) is 9.70. The summed E-state index contributed by atoms with van der Waals surface area (Å²) in [6, 6.07) is 34.8. The van der Waals surface area contributed by atoms with Crippen molar-refractivity contribution < 1.29 is 0 Å². The van der Waals surface area contributed by atoms with Crippen LogP contribution in [0.5, 0.6) is 0 Å². The standard InChI is InChI=1S/C26H22N2/c1-9-23-10-2-19(1)17-20-3-11-25(12-4-20)28-26-15-7-22(8-16-26)18-21-5-13-24(27-23)14-6-21/h1-16,27-28H,17-18H2. The molecular formula is C26H22N2. The predicted octanol–water partition coefficient (Wildman–Crippen LogP) is 6.67. The fraction of sp³-hybridized carbons (Fsp3) is 0.0769. The Labute approximate surface area is 165 Å². The molecule has 0 unspecified atom stereocenters. The van der Waals surface area contributed by atoms with Gasteiger partial charge in [0.25, 0.3) is 0 Å². The maximum absolute atomic E-state index is 3.49. The Kier molecular flexibility index (Phi) is 4.30. The molecule has 2 nitrogen and oxygen atoms in total.